The molecule has 144 valence electrons. The zero-order chi connectivity index (χ0) is 19.3. The van der Waals surface area contributed by atoms with Gasteiger partial charge in [-0.25, -0.2) is 0 Å². The Morgan fingerprint density at radius 3 is 2.61 bits per heavy atom. The zero-order valence-corrected chi connectivity index (χ0v) is 16.7. The summed E-state index contributed by atoms with van der Waals surface area (Å²) in [5, 5.41) is 0.836. The maximum atomic E-state index is 12.4. The highest BCUT2D eigenvalue weighted by Gasteiger charge is 2.29. The van der Waals surface area contributed by atoms with Crippen LogP contribution >= 0.6 is 11.8 Å². The minimum absolute atomic E-state index is 0.153. The molecule has 0 radical (unpaired) electrons. The number of piperazine rings is 1. The standard InChI is InChI=1S/C22H23N3O2S/c1-2-24-11-13-25(14-12-24)22-23-21(26)20(28-22)16-17-7-6-10-19(15-17)27-18-8-4-3-5-9-18/h3-10,15-16H,2,11-14H2,1H3/p+1/b20-16-. The van der Waals surface area contributed by atoms with E-state index in [2.05, 4.69) is 16.8 Å². The number of likely N-dealkylation sites (N-methyl/N-ethyl adjacent to an activating group) is 1. The molecular formula is C22H24N3O2S+. The normalized spacial score (nSPS) is 19.2. The smallest absolute Gasteiger partial charge is 0.286 e. The Bertz CT molecular complexity index is 903. The lowest BCUT2D eigenvalue weighted by molar-refractivity contribution is -0.902. The first-order valence-corrected chi connectivity index (χ1v) is 10.5. The number of benzene rings is 2. The molecule has 28 heavy (non-hydrogen) atoms. The predicted octanol–water partition coefficient (Wildman–Crippen LogP) is 2.67. The molecule has 2 aromatic carbocycles. The van der Waals surface area contributed by atoms with E-state index in [1.54, 1.807) is 4.90 Å². The number of aliphatic imine (C=N–C) groups is 1. The molecule has 2 aromatic rings. The summed E-state index contributed by atoms with van der Waals surface area (Å²) < 4.78 is 5.89. The van der Waals surface area contributed by atoms with Crippen molar-refractivity contribution in [1.29, 1.82) is 0 Å². The third-order valence-electron chi connectivity index (χ3n) is 4.99. The number of amides is 1. The van der Waals surface area contributed by atoms with Crippen molar-refractivity contribution in [1.82, 2.24) is 4.90 Å². The van der Waals surface area contributed by atoms with Crippen molar-refractivity contribution in [3.05, 3.63) is 65.1 Å². The van der Waals surface area contributed by atoms with Crippen LogP contribution in [0.5, 0.6) is 11.5 Å². The molecule has 1 fully saturated rings. The molecule has 0 aromatic heterocycles. The van der Waals surface area contributed by atoms with Crippen molar-refractivity contribution in [3.8, 4) is 11.5 Å². The first kappa shape index (κ1) is 18.8. The fourth-order valence-electron chi connectivity index (χ4n) is 3.34. The molecular weight excluding hydrogens is 370 g/mol. The van der Waals surface area contributed by atoms with Crippen LogP contribution in [0.3, 0.4) is 0 Å². The highest BCUT2D eigenvalue weighted by molar-refractivity contribution is 8.18. The Morgan fingerprint density at radius 1 is 1.11 bits per heavy atom. The van der Waals surface area contributed by atoms with Crippen LogP contribution in [-0.2, 0) is 4.79 Å². The van der Waals surface area contributed by atoms with E-state index in [0.29, 0.717) is 4.91 Å². The summed E-state index contributed by atoms with van der Waals surface area (Å²) in [6.45, 7) is 7.47. The van der Waals surface area contributed by atoms with E-state index in [4.69, 9.17) is 4.74 Å². The van der Waals surface area contributed by atoms with Crippen LogP contribution in [0.25, 0.3) is 6.08 Å². The van der Waals surface area contributed by atoms with Crippen LogP contribution in [0.15, 0.2) is 64.5 Å². The Morgan fingerprint density at radius 2 is 1.86 bits per heavy atom. The summed E-state index contributed by atoms with van der Waals surface area (Å²) in [4.78, 5) is 21.2. The number of hydrogen-bond acceptors (Lipinski definition) is 4. The van der Waals surface area contributed by atoms with Gasteiger partial charge < -0.3 is 14.5 Å². The first-order chi connectivity index (χ1) is 13.7. The largest absolute Gasteiger partial charge is 0.457 e. The number of rotatable bonds is 4. The van der Waals surface area contributed by atoms with E-state index in [1.165, 1.54) is 11.8 Å². The van der Waals surface area contributed by atoms with E-state index in [0.717, 1.165) is 55.0 Å². The molecule has 2 heterocycles. The van der Waals surface area contributed by atoms with Gasteiger partial charge in [0.15, 0.2) is 5.17 Å². The minimum Gasteiger partial charge on any atom is -0.457 e. The Balaban J connectivity index is 1.44. The van der Waals surface area contributed by atoms with E-state index < -0.39 is 0 Å². The second-order valence-electron chi connectivity index (χ2n) is 6.89. The molecule has 1 saturated heterocycles. The van der Waals surface area contributed by atoms with Crippen LogP contribution in [-0.4, -0.2) is 48.7 Å². The number of nitrogens with zero attached hydrogens (tertiary/aromatic N) is 2. The maximum Gasteiger partial charge on any atom is 0.286 e. The summed E-state index contributed by atoms with van der Waals surface area (Å²) in [6.07, 6.45) is 1.90. The van der Waals surface area contributed by atoms with Crippen LogP contribution in [0.1, 0.15) is 12.5 Å². The summed E-state index contributed by atoms with van der Waals surface area (Å²) in [5.41, 5.74) is 0.931. The number of ether oxygens (including phenoxy) is 1. The van der Waals surface area contributed by atoms with Gasteiger partial charge in [0.1, 0.15) is 11.5 Å². The number of quaternary nitrogens is 1. The lowest BCUT2D eigenvalue weighted by Crippen LogP contribution is -3.14. The second-order valence-corrected chi connectivity index (χ2v) is 7.90. The SMILES string of the molecule is CC[NH+]1CCN(C2=NC(=O)/C(=C/c3cccc(Oc4ccccc4)c3)S2)CC1. The molecule has 0 unspecified atom stereocenters. The Hall–Kier alpha value is -2.57. The topological polar surface area (TPSA) is 46.3 Å². The molecule has 2 aliphatic rings. The summed E-state index contributed by atoms with van der Waals surface area (Å²) in [5.74, 6) is 1.38. The number of thioether (sulfide) groups is 1. The molecule has 4 rings (SSSR count). The highest BCUT2D eigenvalue weighted by atomic mass is 32.2. The molecule has 6 heteroatoms. The summed E-state index contributed by atoms with van der Waals surface area (Å²) >= 11 is 1.48. The van der Waals surface area contributed by atoms with E-state index in [9.17, 15) is 4.79 Å². The van der Waals surface area contributed by atoms with Crippen molar-refractivity contribution in [2.75, 3.05) is 32.7 Å². The molecule has 0 spiro atoms. The van der Waals surface area contributed by atoms with Gasteiger partial charge in [-0.2, -0.15) is 4.99 Å². The van der Waals surface area contributed by atoms with Crippen molar-refractivity contribution in [3.63, 3.8) is 0 Å². The van der Waals surface area contributed by atoms with Gasteiger partial charge in [-0.1, -0.05) is 30.3 Å². The molecule has 1 N–H and O–H groups in total. The van der Waals surface area contributed by atoms with Crippen LogP contribution in [0, 0.1) is 0 Å². The number of carbonyl (C=O) groups is 1. The quantitative estimate of drug-likeness (QED) is 0.810. The third kappa shape index (κ3) is 4.46. The maximum absolute atomic E-state index is 12.4. The fourth-order valence-corrected chi connectivity index (χ4v) is 4.31. The number of hydrogen-bond donors (Lipinski definition) is 1. The van der Waals surface area contributed by atoms with Crippen LogP contribution < -0.4 is 9.64 Å². The molecule has 0 aliphatic carbocycles. The molecule has 0 bridgehead atoms. The zero-order valence-electron chi connectivity index (χ0n) is 15.9. The van der Waals surface area contributed by atoms with Crippen molar-refractivity contribution in [2.45, 2.75) is 6.92 Å². The van der Waals surface area contributed by atoms with Crippen LogP contribution in [0.2, 0.25) is 0 Å². The number of para-hydroxylation sites is 1. The first-order valence-electron chi connectivity index (χ1n) is 9.65. The van der Waals surface area contributed by atoms with Crippen molar-refractivity contribution < 1.29 is 14.4 Å². The summed E-state index contributed by atoms with van der Waals surface area (Å²) in [7, 11) is 0. The third-order valence-corrected chi connectivity index (χ3v) is 6.03. The van der Waals surface area contributed by atoms with Gasteiger partial charge in [-0.05, 0) is 54.6 Å². The number of carbonyl (C=O) groups excluding carboxylic acids is 1. The molecule has 0 saturated carbocycles. The summed E-state index contributed by atoms with van der Waals surface area (Å²) in [6, 6.07) is 17.4. The predicted molar refractivity (Wildman–Crippen MR) is 114 cm³/mol. The van der Waals surface area contributed by atoms with E-state index >= 15 is 0 Å². The van der Waals surface area contributed by atoms with Crippen LogP contribution in [0.4, 0.5) is 0 Å². The van der Waals surface area contributed by atoms with Crippen molar-refractivity contribution >= 4 is 28.9 Å². The lowest BCUT2D eigenvalue weighted by atomic mass is 10.2. The van der Waals surface area contributed by atoms with E-state index in [-0.39, 0.29) is 5.91 Å². The minimum atomic E-state index is -0.153. The molecule has 2 aliphatic heterocycles. The van der Waals surface area contributed by atoms with Gasteiger partial charge in [0.05, 0.1) is 37.6 Å². The second kappa shape index (κ2) is 8.63. The van der Waals surface area contributed by atoms with Crippen molar-refractivity contribution in [2.24, 2.45) is 4.99 Å². The lowest BCUT2D eigenvalue weighted by Gasteiger charge is -2.32. The van der Waals surface area contributed by atoms with E-state index in [1.807, 2.05) is 60.7 Å². The molecule has 0 atom stereocenters. The monoisotopic (exact) mass is 394 g/mol. The molecule has 5 nitrogen and oxygen atoms in total. The van der Waals surface area contributed by atoms with Gasteiger partial charge in [0.2, 0.25) is 0 Å². The highest BCUT2D eigenvalue weighted by Crippen LogP contribution is 2.31. The van der Waals surface area contributed by atoms with Gasteiger partial charge >= 0.3 is 0 Å². The van der Waals surface area contributed by atoms with Gasteiger partial charge in [-0.3, -0.25) is 4.79 Å². The van der Waals surface area contributed by atoms with Gasteiger partial charge in [0.25, 0.3) is 5.91 Å². The van der Waals surface area contributed by atoms with Gasteiger partial charge in [-0.15, -0.1) is 0 Å². The average molecular weight is 395 g/mol. The Labute approximate surface area is 169 Å². The molecule has 1 amide bonds. The number of amidine groups is 1. The average Bonchev–Trinajstić information content (AvgIpc) is 3.09. The fraction of sp³-hybridized carbons (Fsp3) is 0.273. The Kier molecular flexibility index (Phi) is 5.78. The number of nitrogens with one attached hydrogen (secondary N) is 1. The van der Waals surface area contributed by atoms with Gasteiger partial charge in [0, 0.05) is 0 Å².